The van der Waals surface area contributed by atoms with Crippen LogP contribution in [0.15, 0.2) is 39.5 Å². The molecule has 0 aliphatic carbocycles. The fourth-order valence-corrected chi connectivity index (χ4v) is 6.43. The molecule has 0 amide bonds. The Balaban J connectivity index is 1.37. The van der Waals surface area contributed by atoms with Crippen molar-refractivity contribution in [1.82, 2.24) is 0 Å². The summed E-state index contributed by atoms with van der Waals surface area (Å²) in [6.07, 6.45) is -24.8. The first-order valence-electron chi connectivity index (χ1n) is 16.8. The van der Waals surface area contributed by atoms with Crippen LogP contribution in [0, 0.1) is 0 Å². The Labute approximate surface area is 305 Å². The van der Waals surface area contributed by atoms with Crippen LogP contribution in [0.3, 0.4) is 0 Å². The molecule has 3 aliphatic heterocycles. The van der Waals surface area contributed by atoms with E-state index in [9.17, 15) is 61.0 Å². The number of aromatic hydroxyl groups is 3. The van der Waals surface area contributed by atoms with Crippen molar-refractivity contribution in [3.8, 4) is 40.1 Å². The summed E-state index contributed by atoms with van der Waals surface area (Å²) in [5.41, 5.74) is -1.27. The van der Waals surface area contributed by atoms with E-state index in [0.717, 1.165) is 12.1 Å². The van der Waals surface area contributed by atoms with Crippen molar-refractivity contribution in [2.45, 2.75) is 106 Å². The van der Waals surface area contributed by atoms with Gasteiger partial charge in [-0.2, -0.15) is 0 Å². The summed E-state index contributed by atoms with van der Waals surface area (Å²) in [6.45, 7) is 2.09. The highest BCUT2D eigenvalue weighted by Gasteiger charge is 2.52. The van der Waals surface area contributed by atoms with E-state index < -0.39 is 127 Å². The third-order valence-corrected chi connectivity index (χ3v) is 9.57. The zero-order valence-electron chi connectivity index (χ0n) is 28.8. The van der Waals surface area contributed by atoms with Crippen LogP contribution in [0.25, 0.3) is 22.3 Å². The summed E-state index contributed by atoms with van der Waals surface area (Å²) >= 11 is 0. The van der Waals surface area contributed by atoms with Crippen LogP contribution in [0.4, 0.5) is 0 Å². The summed E-state index contributed by atoms with van der Waals surface area (Å²) in [5, 5.41) is 115. The van der Waals surface area contributed by atoms with Gasteiger partial charge < -0.3 is 93.7 Å². The van der Waals surface area contributed by atoms with Crippen molar-refractivity contribution in [2.24, 2.45) is 0 Å². The maximum Gasteiger partial charge on any atom is 0.239 e. The van der Waals surface area contributed by atoms with Crippen molar-refractivity contribution in [2.75, 3.05) is 13.7 Å². The van der Waals surface area contributed by atoms with E-state index in [2.05, 4.69) is 0 Å². The lowest BCUT2D eigenvalue weighted by atomic mass is 9.97. The number of hydrogen-bond donors (Lipinski definition) is 11. The summed E-state index contributed by atoms with van der Waals surface area (Å²) in [7, 11) is 1.26. The maximum atomic E-state index is 14.0. The fourth-order valence-electron chi connectivity index (χ4n) is 6.43. The average Bonchev–Trinajstić information content (AvgIpc) is 3.13. The molecule has 3 aromatic rings. The molecule has 4 heterocycles. The number of aliphatic hydroxyl groups is 8. The molecule has 3 aliphatic rings. The van der Waals surface area contributed by atoms with Crippen LogP contribution in [0.1, 0.15) is 13.8 Å². The molecular weight excluding hydrogens is 728 g/mol. The first-order valence-corrected chi connectivity index (χ1v) is 16.8. The molecule has 3 fully saturated rings. The van der Waals surface area contributed by atoms with E-state index in [0.29, 0.717) is 0 Å². The molecule has 2 aromatic carbocycles. The third kappa shape index (κ3) is 7.41. The molecule has 20 nitrogen and oxygen atoms in total. The highest BCUT2D eigenvalue weighted by Crippen LogP contribution is 2.40. The Morgan fingerprint density at radius 1 is 0.685 bits per heavy atom. The molecule has 0 saturated carbocycles. The second-order valence-electron chi connectivity index (χ2n) is 13.3. The van der Waals surface area contributed by atoms with Crippen LogP contribution in [-0.2, 0) is 23.7 Å². The van der Waals surface area contributed by atoms with Gasteiger partial charge in [-0.15, -0.1) is 0 Å². The number of hydrogen-bond acceptors (Lipinski definition) is 20. The van der Waals surface area contributed by atoms with Crippen LogP contribution in [0.5, 0.6) is 28.7 Å². The van der Waals surface area contributed by atoms with Crippen LogP contribution in [-0.4, -0.2) is 162 Å². The van der Waals surface area contributed by atoms with Gasteiger partial charge in [0, 0.05) is 17.7 Å². The van der Waals surface area contributed by atoms with Gasteiger partial charge in [0.2, 0.25) is 17.5 Å². The van der Waals surface area contributed by atoms with Crippen molar-refractivity contribution in [1.29, 1.82) is 0 Å². The summed E-state index contributed by atoms with van der Waals surface area (Å²) in [6, 6.07) is 5.71. The van der Waals surface area contributed by atoms with Gasteiger partial charge in [-0.1, -0.05) is 0 Å². The van der Waals surface area contributed by atoms with Gasteiger partial charge in [-0.3, -0.25) is 4.79 Å². The van der Waals surface area contributed by atoms with E-state index in [4.69, 9.17) is 37.6 Å². The first kappa shape index (κ1) is 39.8. The second-order valence-corrected chi connectivity index (χ2v) is 13.3. The lowest BCUT2D eigenvalue weighted by Gasteiger charge is -2.46. The molecule has 0 unspecified atom stereocenters. The normalized spacial score (nSPS) is 37.3. The molecule has 1 aromatic heterocycles. The minimum Gasteiger partial charge on any atom is -0.508 e. The largest absolute Gasteiger partial charge is 0.508 e. The van der Waals surface area contributed by atoms with Gasteiger partial charge in [0.05, 0.1) is 25.9 Å². The predicted molar refractivity (Wildman–Crippen MR) is 176 cm³/mol. The Morgan fingerprint density at radius 2 is 1.30 bits per heavy atom. The molecule has 3 saturated heterocycles. The summed E-state index contributed by atoms with van der Waals surface area (Å²) in [5.74, 6) is -2.56. The SMILES string of the molecule is COc1cc(-c2oc3cc(O)cc(O)c3c(=O)c2O[C@@H]2O[C@H](CO[C@@H]3O[C@@H](C)[C@H](O)[C@@H](O)[C@H]3O)[C@@H](O[C@@H]3O[C@@H](C)[C@H](O)[C@@H](O)[C@H]3O)[C@H](O)[C@H]2O)ccc1O. The van der Waals surface area contributed by atoms with Crippen LogP contribution in [0.2, 0.25) is 0 Å². The zero-order valence-corrected chi connectivity index (χ0v) is 28.8. The highest BCUT2D eigenvalue weighted by molar-refractivity contribution is 5.88. The van der Waals surface area contributed by atoms with E-state index in [1.807, 2.05) is 0 Å². The number of phenolic OH excluding ortho intramolecular Hbond substituents is 3. The highest BCUT2D eigenvalue weighted by atomic mass is 16.8. The second kappa shape index (κ2) is 15.7. The number of benzene rings is 2. The first-order chi connectivity index (χ1) is 25.5. The van der Waals surface area contributed by atoms with E-state index in [1.165, 1.54) is 39.2 Å². The Kier molecular flexibility index (Phi) is 11.6. The van der Waals surface area contributed by atoms with Gasteiger partial charge in [0.25, 0.3) is 0 Å². The van der Waals surface area contributed by atoms with Gasteiger partial charge in [-0.25, -0.2) is 0 Å². The topological polar surface area (TPSA) is 317 Å². The smallest absolute Gasteiger partial charge is 0.239 e. The molecular formula is C34H42O20. The number of fused-ring (bicyclic) bond motifs is 1. The lowest BCUT2D eigenvalue weighted by molar-refractivity contribution is -0.357. The average molecular weight is 771 g/mol. The molecule has 298 valence electrons. The van der Waals surface area contributed by atoms with E-state index in [-0.39, 0.29) is 28.4 Å². The van der Waals surface area contributed by atoms with Crippen LogP contribution >= 0.6 is 0 Å². The summed E-state index contributed by atoms with van der Waals surface area (Å²) < 4.78 is 45.5. The van der Waals surface area contributed by atoms with Crippen molar-refractivity contribution in [3.63, 3.8) is 0 Å². The monoisotopic (exact) mass is 770 g/mol. The van der Waals surface area contributed by atoms with Gasteiger partial charge in [-0.05, 0) is 32.0 Å². The molecule has 11 N–H and O–H groups in total. The van der Waals surface area contributed by atoms with Crippen LogP contribution < -0.4 is 14.9 Å². The quantitative estimate of drug-likeness (QED) is 0.107. The number of methoxy groups -OCH3 is 1. The molecule has 0 radical (unpaired) electrons. The minimum absolute atomic E-state index is 0.0559. The van der Waals surface area contributed by atoms with Crippen molar-refractivity contribution < 1.29 is 93.7 Å². The van der Waals surface area contributed by atoms with Crippen molar-refractivity contribution >= 4 is 11.0 Å². The van der Waals surface area contributed by atoms with E-state index >= 15 is 0 Å². The Morgan fingerprint density at radius 3 is 1.94 bits per heavy atom. The van der Waals surface area contributed by atoms with Gasteiger partial charge in [0.1, 0.15) is 83.5 Å². The molecule has 6 rings (SSSR count). The number of ether oxygens (including phenoxy) is 7. The number of rotatable bonds is 9. The van der Waals surface area contributed by atoms with E-state index in [1.54, 1.807) is 0 Å². The molecule has 0 bridgehead atoms. The lowest BCUT2D eigenvalue weighted by Crippen LogP contribution is -2.65. The molecule has 54 heavy (non-hydrogen) atoms. The molecule has 0 spiro atoms. The zero-order chi connectivity index (χ0) is 39.3. The minimum atomic E-state index is -2.08. The maximum absolute atomic E-state index is 14.0. The molecule has 15 atom stereocenters. The number of aliphatic hydroxyl groups excluding tert-OH is 8. The standard InChI is InChI=1S/C34H42O20/c1-10-20(38)23(41)26(44)32(49-10)48-9-18-30(53-33-27(45)24(42)21(39)11(2)50-33)25(43)28(46)34(52-18)54-31-22(40)19-15(37)7-13(35)8-17(19)51-29(31)12-4-5-14(36)16(6-12)47-3/h4-8,10-11,18,20-21,23-28,30,32-39,41-46H,9H2,1-3H3/t10-,11-,18+,20-,21-,23+,24+,25+,26+,27+,28+,30+,32+,33-,34-/m0/s1. The van der Waals surface area contributed by atoms with Crippen molar-refractivity contribution in [3.05, 3.63) is 40.6 Å². The Bertz CT molecular complexity index is 1850. The Hall–Kier alpha value is -3.87. The van der Waals surface area contributed by atoms with Gasteiger partial charge >= 0.3 is 0 Å². The summed E-state index contributed by atoms with van der Waals surface area (Å²) in [4.78, 5) is 14.0. The number of phenols is 3. The predicted octanol–water partition coefficient (Wildman–Crippen LogP) is -2.53. The van der Waals surface area contributed by atoms with Gasteiger partial charge in [0.15, 0.2) is 29.8 Å². The fraction of sp³-hybridized carbons (Fsp3) is 0.559. The third-order valence-electron chi connectivity index (χ3n) is 9.57. The molecule has 20 heteroatoms.